The van der Waals surface area contributed by atoms with Gasteiger partial charge in [0, 0.05) is 18.5 Å². The van der Waals surface area contributed by atoms with E-state index in [1.165, 1.54) is 23.5 Å². The number of halogens is 1. The Balaban J connectivity index is 1.64. The summed E-state index contributed by atoms with van der Waals surface area (Å²) in [4.78, 5) is 12.9. The van der Waals surface area contributed by atoms with Crippen LogP contribution in [0.1, 0.15) is 29.8 Å². The molecule has 0 atom stereocenters. The summed E-state index contributed by atoms with van der Waals surface area (Å²) in [5, 5.41) is 3.50. The Hall–Kier alpha value is -2.36. The second-order valence-electron chi connectivity index (χ2n) is 7.05. The third-order valence-corrected chi connectivity index (χ3v) is 7.61. The summed E-state index contributed by atoms with van der Waals surface area (Å²) in [7, 11) is -2.18. The van der Waals surface area contributed by atoms with E-state index in [9.17, 15) is 13.2 Å². The van der Waals surface area contributed by atoms with Gasteiger partial charge < -0.3 is 14.5 Å². The molecule has 1 aliphatic heterocycles. The largest absolute Gasteiger partial charge is 0.495 e. The lowest BCUT2D eigenvalue weighted by Crippen LogP contribution is -2.35. The van der Waals surface area contributed by atoms with Crippen LogP contribution in [0.2, 0.25) is 0 Å². The van der Waals surface area contributed by atoms with Crippen LogP contribution in [0, 0.1) is 0 Å². The quantitative estimate of drug-likeness (QED) is 0.560. The molecule has 0 radical (unpaired) electrons. The zero-order valence-electron chi connectivity index (χ0n) is 16.4. The first-order valence-electron chi connectivity index (χ1n) is 9.58. The summed E-state index contributed by atoms with van der Waals surface area (Å²) in [5.41, 5.74) is 0.830. The number of rotatable bonds is 5. The Bertz CT molecular complexity index is 1200. The molecule has 0 aliphatic carbocycles. The van der Waals surface area contributed by atoms with E-state index in [4.69, 9.17) is 9.15 Å². The van der Waals surface area contributed by atoms with Crippen molar-refractivity contribution in [3.05, 3.63) is 52.7 Å². The van der Waals surface area contributed by atoms with Crippen LogP contribution < -0.4 is 10.1 Å². The van der Waals surface area contributed by atoms with Crippen molar-refractivity contribution in [3.8, 4) is 5.75 Å². The highest BCUT2D eigenvalue weighted by Crippen LogP contribution is 2.32. The maximum atomic E-state index is 13.0. The van der Waals surface area contributed by atoms with Crippen molar-refractivity contribution >= 4 is 48.5 Å². The van der Waals surface area contributed by atoms with Gasteiger partial charge in [0.25, 0.3) is 5.91 Å². The van der Waals surface area contributed by atoms with Gasteiger partial charge in [0.15, 0.2) is 5.76 Å². The maximum absolute atomic E-state index is 13.0. The van der Waals surface area contributed by atoms with E-state index in [0.29, 0.717) is 24.4 Å². The van der Waals surface area contributed by atoms with Crippen LogP contribution in [-0.2, 0) is 10.0 Å². The van der Waals surface area contributed by atoms with Crippen molar-refractivity contribution < 1.29 is 22.4 Å². The number of para-hydroxylation sites is 1. The number of sulfonamides is 1. The average molecular weight is 493 g/mol. The van der Waals surface area contributed by atoms with Crippen LogP contribution in [0.3, 0.4) is 0 Å². The molecule has 1 aromatic heterocycles. The first-order chi connectivity index (χ1) is 14.4. The summed E-state index contributed by atoms with van der Waals surface area (Å²) in [6.45, 7) is 1.01. The lowest BCUT2D eigenvalue weighted by atomic mass is 10.2. The Morgan fingerprint density at radius 3 is 2.60 bits per heavy atom. The van der Waals surface area contributed by atoms with E-state index >= 15 is 0 Å². The fraction of sp³-hybridized carbons (Fsp3) is 0.286. The number of benzene rings is 2. The van der Waals surface area contributed by atoms with Gasteiger partial charge in [0.1, 0.15) is 11.3 Å². The molecule has 1 aliphatic rings. The molecule has 1 fully saturated rings. The minimum absolute atomic E-state index is 0.114. The molecular formula is C21H21BrN2O5S. The number of fused-ring (bicyclic) bond motifs is 1. The predicted octanol–water partition coefficient (Wildman–Crippen LogP) is 4.63. The monoisotopic (exact) mass is 492 g/mol. The summed E-state index contributed by atoms with van der Waals surface area (Å²) >= 11 is 3.40. The van der Waals surface area contributed by atoms with E-state index in [-0.39, 0.29) is 16.3 Å². The highest BCUT2D eigenvalue weighted by atomic mass is 79.9. The summed E-state index contributed by atoms with van der Waals surface area (Å²) in [5.74, 6) is -0.0228. The van der Waals surface area contributed by atoms with Gasteiger partial charge >= 0.3 is 0 Å². The molecule has 0 spiro atoms. The first-order valence-corrected chi connectivity index (χ1v) is 11.8. The van der Waals surface area contributed by atoms with Crippen LogP contribution in [0.25, 0.3) is 11.0 Å². The molecule has 4 rings (SSSR count). The number of carbonyl (C=O) groups excluding carboxylic acids is 1. The van der Waals surface area contributed by atoms with Crippen molar-refractivity contribution in [1.82, 2.24) is 4.31 Å². The number of nitrogens with zero attached hydrogens (tertiary/aromatic N) is 1. The molecule has 3 aromatic rings. The predicted molar refractivity (Wildman–Crippen MR) is 117 cm³/mol. The van der Waals surface area contributed by atoms with Gasteiger partial charge in [-0.05, 0) is 59.1 Å². The lowest BCUT2D eigenvalue weighted by Gasteiger charge is -2.26. The molecule has 0 saturated carbocycles. The van der Waals surface area contributed by atoms with Gasteiger partial charge in [-0.1, -0.05) is 18.6 Å². The molecule has 1 saturated heterocycles. The van der Waals surface area contributed by atoms with E-state index in [1.54, 1.807) is 12.1 Å². The van der Waals surface area contributed by atoms with E-state index in [0.717, 1.165) is 29.1 Å². The smallest absolute Gasteiger partial charge is 0.291 e. The van der Waals surface area contributed by atoms with Crippen molar-refractivity contribution in [2.45, 2.75) is 24.2 Å². The molecule has 1 amide bonds. The van der Waals surface area contributed by atoms with Gasteiger partial charge in [-0.3, -0.25) is 4.79 Å². The number of methoxy groups -OCH3 is 1. The fourth-order valence-electron chi connectivity index (χ4n) is 3.52. The number of amides is 1. The molecule has 30 heavy (non-hydrogen) atoms. The molecule has 158 valence electrons. The Kier molecular flexibility index (Phi) is 5.86. The minimum atomic E-state index is -3.64. The van der Waals surface area contributed by atoms with Gasteiger partial charge in [-0.2, -0.15) is 4.31 Å². The van der Waals surface area contributed by atoms with Crippen molar-refractivity contribution in [1.29, 1.82) is 0 Å². The Morgan fingerprint density at radius 1 is 1.13 bits per heavy atom. The normalized spacial score (nSPS) is 15.3. The molecule has 1 N–H and O–H groups in total. The van der Waals surface area contributed by atoms with E-state index in [2.05, 4.69) is 21.2 Å². The highest BCUT2D eigenvalue weighted by molar-refractivity contribution is 9.10. The third kappa shape index (κ3) is 3.97. The van der Waals surface area contributed by atoms with Crippen molar-refractivity contribution in [2.24, 2.45) is 0 Å². The minimum Gasteiger partial charge on any atom is -0.495 e. The number of carbonyl (C=O) groups is 1. The number of hydrogen-bond acceptors (Lipinski definition) is 5. The van der Waals surface area contributed by atoms with Crippen molar-refractivity contribution in [2.75, 3.05) is 25.5 Å². The zero-order valence-corrected chi connectivity index (χ0v) is 18.8. The summed E-state index contributed by atoms with van der Waals surface area (Å²) in [6, 6.07) is 11.6. The standard InChI is InChI=1S/C21H21BrN2O5S/c1-28-18-9-8-15(30(26,27)24-10-3-2-4-11-24)13-17(18)23-21(25)19-12-14-6-5-7-16(22)20(14)29-19/h5-9,12-13H,2-4,10-11H2,1H3,(H,23,25). The highest BCUT2D eigenvalue weighted by Gasteiger charge is 2.27. The molecular weight excluding hydrogens is 472 g/mol. The molecule has 2 heterocycles. The number of nitrogens with one attached hydrogen (secondary N) is 1. The van der Waals surface area contributed by atoms with Gasteiger partial charge in [-0.25, -0.2) is 8.42 Å². The SMILES string of the molecule is COc1ccc(S(=O)(=O)N2CCCCC2)cc1NC(=O)c1cc2cccc(Br)c2o1. The molecule has 0 unspecified atom stereocenters. The van der Waals surface area contributed by atoms with Gasteiger partial charge in [-0.15, -0.1) is 0 Å². The zero-order chi connectivity index (χ0) is 21.3. The van der Waals surface area contributed by atoms with Crippen LogP contribution in [0.5, 0.6) is 5.75 Å². The summed E-state index contributed by atoms with van der Waals surface area (Å²) < 4.78 is 39.2. The third-order valence-electron chi connectivity index (χ3n) is 5.09. The molecule has 9 heteroatoms. The second kappa shape index (κ2) is 8.41. The Morgan fingerprint density at radius 2 is 1.90 bits per heavy atom. The van der Waals surface area contributed by atoms with Crippen LogP contribution in [0.4, 0.5) is 5.69 Å². The molecule has 7 nitrogen and oxygen atoms in total. The average Bonchev–Trinajstić information content (AvgIpc) is 3.20. The molecule has 2 aromatic carbocycles. The van der Waals surface area contributed by atoms with Gasteiger partial charge in [0.2, 0.25) is 10.0 Å². The van der Waals surface area contributed by atoms with Crippen molar-refractivity contribution in [3.63, 3.8) is 0 Å². The topological polar surface area (TPSA) is 88.9 Å². The Labute approximate surface area is 183 Å². The maximum Gasteiger partial charge on any atom is 0.291 e. The van der Waals surface area contributed by atoms with Gasteiger partial charge in [0.05, 0.1) is 22.2 Å². The number of ether oxygens (including phenoxy) is 1. The lowest BCUT2D eigenvalue weighted by molar-refractivity contribution is 0.0998. The van der Waals surface area contributed by atoms with Crippen LogP contribution >= 0.6 is 15.9 Å². The van der Waals surface area contributed by atoms with E-state index < -0.39 is 15.9 Å². The second-order valence-corrected chi connectivity index (χ2v) is 9.84. The number of anilines is 1. The number of piperidine rings is 1. The fourth-order valence-corrected chi connectivity index (χ4v) is 5.53. The number of furan rings is 1. The molecule has 0 bridgehead atoms. The van der Waals surface area contributed by atoms with E-state index in [1.807, 2.05) is 18.2 Å². The first kappa shape index (κ1) is 20.9. The summed E-state index contributed by atoms with van der Waals surface area (Å²) in [6.07, 6.45) is 2.73. The van der Waals surface area contributed by atoms with Crippen LogP contribution in [0.15, 0.2) is 56.2 Å². The van der Waals surface area contributed by atoms with Crippen LogP contribution in [-0.4, -0.2) is 38.8 Å². The number of hydrogen-bond donors (Lipinski definition) is 1.